The van der Waals surface area contributed by atoms with E-state index in [4.69, 9.17) is 0 Å². The molecule has 2 rings (SSSR count). The van der Waals surface area contributed by atoms with Crippen LogP contribution in [0.3, 0.4) is 0 Å². The molecule has 0 amide bonds. The third-order valence-corrected chi connectivity index (χ3v) is 1.79. The van der Waals surface area contributed by atoms with Crippen LogP contribution < -0.4 is 0 Å². The fourth-order valence-corrected chi connectivity index (χ4v) is 1.11. The van der Waals surface area contributed by atoms with E-state index in [1.54, 1.807) is 6.20 Å². The van der Waals surface area contributed by atoms with Crippen molar-refractivity contribution in [3.63, 3.8) is 0 Å². The third kappa shape index (κ3) is 6.59. The van der Waals surface area contributed by atoms with Crippen molar-refractivity contribution < 1.29 is 0 Å². The molecule has 0 aliphatic rings. The molecule has 0 aliphatic heterocycles. The van der Waals surface area contributed by atoms with Crippen LogP contribution in [-0.2, 0) is 0 Å². The highest BCUT2D eigenvalue weighted by molar-refractivity contribution is 5.81. The summed E-state index contributed by atoms with van der Waals surface area (Å²) in [6, 6.07) is 15.6. The number of pyridine rings is 1. The van der Waals surface area contributed by atoms with Crippen molar-refractivity contribution in [1.29, 1.82) is 0 Å². The Hall–Kier alpha value is -1.96. The van der Waals surface area contributed by atoms with Gasteiger partial charge in [-0.15, -0.1) is 0 Å². The van der Waals surface area contributed by atoms with Crippen LogP contribution in [-0.4, -0.2) is 11.2 Å². The van der Waals surface area contributed by atoms with E-state index in [1.165, 1.54) is 0 Å². The van der Waals surface area contributed by atoms with Crippen molar-refractivity contribution in [3.8, 4) is 0 Å². The van der Waals surface area contributed by atoms with Crippen molar-refractivity contribution in [1.82, 2.24) is 4.98 Å². The second-order valence-electron chi connectivity index (χ2n) is 2.86. The first kappa shape index (κ1) is 16.0. The molecular weight excluding hydrogens is 220 g/mol. The lowest BCUT2D eigenvalue weighted by molar-refractivity contribution is 1.28. The molecule has 1 aromatic carbocycles. The number of rotatable bonds is 2. The molecule has 2 nitrogen and oxygen atoms in total. The molecule has 0 atom stereocenters. The summed E-state index contributed by atoms with van der Waals surface area (Å²) < 4.78 is 0. The first-order chi connectivity index (χ1) is 8.95. The van der Waals surface area contributed by atoms with Crippen LogP contribution in [0, 0.1) is 0 Å². The summed E-state index contributed by atoms with van der Waals surface area (Å²) in [5, 5.41) is 0. The van der Waals surface area contributed by atoms with Gasteiger partial charge >= 0.3 is 0 Å². The van der Waals surface area contributed by atoms with Crippen molar-refractivity contribution >= 4 is 12.0 Å². The van der Waals surface area contributed by atoms with E-state index in [1.807, 2.05) is 82.4 Å². The fraction of sp³-hybridized carbons (Fsp3) is 0.250. The predicted molar refractivity (Wildman–Crippen MR) is 80.6 cm³/mol. The van der Waals surface area contributed by atoms with E-state index in [2.05, 4.69) is 9.98 Å². The Bertz CT molecular complexity index is 366. The maximum Gasteiger partial charge on any atom is 0.151 e. The van der Waals surface area contributed by atoms with Crippen LogP contribution in [0.1, 0.15) is 33.3 Å². The van der Waals surface area contributed by atoms with Gasteiger partial charge < -0.3 is 0 Å². The highest BCUT2D eigenvalue weighted by Crippen LogP contribution is 2.05. The van der Waals surface area contributed by atoms with E-state index >= 15 is 0 Å². The Morgan fingerprint density at radius 3 is 2.00 bits per heavy atom. The quantitative estimate of drug-likeness (QED) is 0.689. The largest absolute Gasteiger partial charge is 0.237 e. The molecule has 0 fully saturated rings. The molecule has 0 unspecified atom stereocenters. The second-order valence-corrected chi connectivity index (χ2v) is 2.86. The molecule has 2 heteroatoms. The Labute approximate surface area is 110 Å². The van der Waals surface area contributed by atoms with Crippen molar-refractivity contribution in [2.45, 2.75) is 27.7 Å². The molecule has 1 aromatic heterocycles. The van der Waals surface area contributed by atoms with Crippen LogP contribution in [0.25, 0.3) is 0 Å². The number of nitrogens with zero attached hydrogens (tertiary/aromatic N) is 2. The Morgan fingerprint density at radius 1 is 0.833 bits per heavy atom. The molecule has 0 radical (unpaired) electrons. The number of hydrogen-bond donors (Lipinski definition) is 0. The predicted octanol–water partition coefficient (Wildman–Crippen LogP) is 4.88. The molecule has 2 aromatic rings. The van der Waals surface area contributed by atoms with Gasteiger partial charge in [0, 0.05) is 12.4 Å². The summed E-state index contributed by atoms with van der Waals surface area (Å²) in [6.45, 7) is 8.00. The molecule has 0 N–H and O–H groups in total. The fourth-order valence-electron chi connectivity index (χ4n) is 1.11. The molecule has 96 valence electrons. The standard InChI is InChI=1S/C12H10N2.2C2H6/c1-2-6-11(7-3-1)10-14-12-8-4-5-9-13-12;2*1-2/h1-10H;2*1-2H3. The molecule has 0 saturated heterocycles. The van der Waals surface area contributed by atoms with Gasteiger partial charge in [0.15, 0.2) is 5.82 Å². The number of aliphatic imine (C=N–C) groups is 1. The van der Waals surface area contributed by atoms with Crippen LogP contribution in [0.2, 0.25) is 0 Å². The minimum absolute atomic E-state index is 0.733. The van der Waals surface area contributed by atoms with E-state index < -0.39 is 0 Å². The lowest BCUT2D eigenvalue weighted by Crippen LogP contribution is -1.78. The Kier molecular flexibility index (Phi) is 10.3. The average Bonchev–Trinajstić information content (AvgIpc) is 2.51. The highest BCUT2D eigenvalue weighted by Gasteiger charge is 1.86. The number of hydrogen-bond acceptors (Lipinski definition) is 2. The van der Waals surface area contributed by atoms with Crippen LogP contribution in [0.4, 0.5) is 5.82 Å². The maximum absolute atomic E-state index is 4.24. The van der Waals surface area contributed by atoms with Crippen LogP contribution >= 0.6 is 0 Å². The smallest absolute Gasteiger partial charge is 0.151 e. The van der Waals surface area contributed by atoms with Gasteiger partial charge in [0.05, 0.1) is 0 Å². The van der Waals surface area contributed by atoms with E-state index in [9.17, 15) is 0 Å². The van der Waals surface area contributed by atoms with Gasteiger partial charge in [0.25, 0.3) is 0 Å². The summed E-state index contributed by atoms with van der Waals surface area (Å²) in [4.78, 5) is 8.34. The van der Waals surface area contributed by atoms with Gasteiger partial charge in [-0.05, 0) is 17.7 Å². The summed E-state index contributed by atoms with van der Waals surface area (Å²) >= 11 is 0. The molecule has 0 spiro atoms. The summed E-state index contributed by atoms with van der Waals surface area (Å²) in [5.41, 5.74) is 1.08. The first-order valence-electron chi connectivity index (χ1n) is 6.45. The lowest BCUT2D eigenvalue weighted by Gasteiger charge is -1.91. The van der Waals surface area contributed by atoms with Gasteiger partial charge in [0.1, 0.15) is 0 Å². The van der Waals surface area contributed by atoms with Crippen molar-refractivity contribution in [3.05, 3.63) is 60.3 Å². The Morgan fingerprint density at radius 2 is 1.44 bits per heavy atom. The molecule has 0 aliphatic carbocycles. The summed E-state index contributed by atoms with van der Waals surface area (Å²) in [7, 11) is 0. The normalized spacial score (nSPS) is 8.89. The SMILES string of the molecule is C(=Nc1ccccn1)c1ccccc1.CC.CC. The zero-order valence-electron chi connectivity index (χ0n) is 11.7. The monoisotopic (exact) mass is 242 g/mol. The topological polar surface area (TPSA) is 25.2 Å². The minimum atomic E-state index is 0.733. The van der Waals surface area contributed by atoms with E-state index in [0.717, 1.165) is 11.4 Å². The van der Waals surface area contributed by atoms with Gasteiger partial charge in [-0.2, -0.15) is 0 Å². The minimum Gasteiger partial charge on any atom is -0.237 e. The molecular formula is C16H22N2. The Balaban J connectivity index is 0.000000659. The van der Waals surface area contributed by atoms with Crippen LogP contribution in [0.5, 0.6) is 0 Å². The van der Waals surface area contributed by atoms with Gasteiger partial charge in [-0.25, -0.2) is 9.98 Å². The maximum atomic E-state index is 4.24. The second kappa shape index (κ2) is 11.5. The average molecular weight is 242 g/mol. The van der Waals surface area contributed by atoms with Crippen molar-refractivity contribution in [2.75, 3.05) is 0 Å². The molecule has 0 saturated carbocycles. The van der Waals surface area contributed by atoms with Crippen molar-refractivity contribution in [2.24, 2.45) is 4.99 Å². The van der Waals surface area contributed by atoms with E-state index in [0.29, 0.717) is 0 Å². The zero-order chi connectivity index (χ0) is 13.6. The van der Waals surface area contributed by atoms with Gasteiger partial charge in [0.2, 0.25) is 0 Å². The van der Waals surface area contributed by atoms with Gasteiger partial charge in [-0.1, -0.05) is 64.1 Å². The molecule has 0 bridgehead atoms. The molecule has 1 heterocycles. The van der Waals surface area contributed by atoms with Crippen LogP contribution in [0.15, 0.2) is 59.7 Å². The lowest BCUT2D eigenvalue weighted by atomic mass is 10.2. The van der Waals surface area contributed by atoms with Gasteiger partial charge in [-0.3, -0.25) is 0 Å². The number of aromatic nitrogens is 1. The van der Waals surface area contributed by atoms with E-state index in [-0.39, 0.29) is 0 Å². The number of benzene rings is 1. The zero-order valence-corrected chi connectivity index (χ0v) is 11.7. The molecule has 18 heavy (non-hydrogen) atoms. The highest BCUT2D eigenvalue weighted by atomic mass is 14.9. The summed E-state index contributed by atoms with van der Waals surface area (Å²) in [6.07, 6.45) is 3.54. The first-order valence-corrected chi connectivity index (χ1v) is 6.45. The summed E-state index contributed by atoms with van der Waals surface area (Å²) in [5.74, 6) is 0.733. The third-order valence-electron chi connectivity index (χ3n) is 1.79.